The van der Waals surface area contributed by atoms with Gasteiger partial charge in [-0.25, -0.2) is 0 Å². The molecule has 0 unspecified atom stereocenters. The van der Waals surface area contributed by atoms with Crippen molar-refractivity contribution in [1.29, 1.82) is 0 Å². The van der Waals surface area contributed by atoms with E-state index in [2.05, 4.69) is 20.9 Å². The topological polar surface area (TPSA) is 95.2 Å². The molecule has 4 N–H and O–H groups in total. The molecule has 2 amide bonds. The summed E-state index contributed by atoms with van der Waals surface area (Å²) in [7, 11) is 0. The van der Waals surface area contributed by atoms with Crippen LogP contribution in [0.5, 0.6) is 5.75 Å². The molecule has 0 spiro atoms. The highest BCUT2D eigenvalue weighted by Gasteiger charge is 2.21. The second kappa shape index (κ2) is 11.8. The largest absolute Gasteiger partial charge is 0.489 e. The summed E-state index contributed by atoms with van der Waals surface area (Å²) in [5, 5.41) is 9.59. The van der Waals surface area contributed by atoms with Gasteiger partial charge in [0.05, 0.1) is 21.8 Å². The first-order valence-electron chi connectivity index (χ1n) is 10.4. The first-order chi connectivity index (χ1) is 14.8. The maximum absolute atomic E-state index is 12.7. The molecule has 0 aliphatic carbocycles. The van der Waals surface area contributed by atoms with Crippen LogP contribution in [0.15, 0.2) is 18.2 Å². The summed E-state index contributed by atoms with van der Waals surface area (Å²) in [5.41, 5.74) is 1.69. The zero-order chi connectivity index (χ0) is 22.5. The molecule has 0 saturated carbocycles. The number of benzene rings is 1. The van der Waals surface area contributed by atoms with Crippen molar-refractivity contribution in [3.63, 3.8) is 0 Å². The standard InChI is InChI=1S/C22H28Cl2N4O3.ClH/c1-12(2)31-17-10-15(21(29)26-11-14-6-8-25-9-7-14)4-5-16(17)28-22(30)20-19(24)18(23)13(3)27-20;/h4-5,10,12,14,25,27H,6-9,11H2,1-3H3,(H,26,29)(H,28,30);1H. The summed E-state index contributed by atoms with van der Waals surface area (Å²) in [4.78, 5) is 28.3. The van der Waals surface area contributed by atoms with Crippen LogP contribution in [0.2, 0.25) is 10.0 Å². The van der Waals surface area contributed by atoms with Crippen LogP contribution < -0.4 is 20.7 Å². The third-order valence-electron chi connectivity index (χ3n) is 5.15. The second-order valence-corrected chi connectivity index (χ2v) is 8.74. The first kappa shape index (κ1) is 26.3. The first-order valence-corrected chi connectivity index (χ1v) is 11.2. The van der Waals surface area contributed by atoms with Gasteiger partial charge in [0.2, 0.25) is 0 Å². The summed E-state index contributed by atoms with van der Waals surface area (Å²) in [6, 6.07) is 4.96. The van der Waals surface area contributed by atoms with Gasteiger partial charge in [0.1, 0.15) is 11.4 Å². The van der Waals surface area contributed by atoms with Gasteiger partial charge in [-0.1, -0.05) is 23.2 Å². The lowest BCUT2D eigenvalue weighted by molar-refractivity contribution is 0.0943. The molecule has 1 saturated heterocycles. The molecule has 1 aromatic carbocycles. The van der Waals surface area contributed by atoms with Crippen molar-refractivity contribution in [2.45, 2.75) is 39.7 Å². The highest BCUT2D eigenvalue weighted by Crippen LogP contribution is 2.32. The van der Waals surface area contributed by atoms with Crippen LogP contribution in [0.25, 0.3) is 0 Å². The van der Waals surface area contributed by atoms with Crippen LogP contribution in [0.4, 0.5) is 5.69 Å². The van der Waals surface area contributed by atoms with Gasteiger partial charge in [-0.05, 0) is 70.8 Å². The quantitative estimate of drug-likeness (QED) is 0.436. The molecule has 3 rings (SSSR count). The molecule has 2 heterocycles. The molecule has 0 bridgehead atoms. The summed E-state index contributed by atoms with van der Waals surface area (Å²) in [6.45, 7) is 8.09. The predicted molar refractivity (Wildman–Crippen MR) is 131 cm³/mol. The van der Waals surface area contributed by atoms with Crippen LogP contribution in [-0.2, 0) is 0 Å². The number of nitrogens with one attached hydrogen (secondary N) is 4. The Bertz CT molecular complexity index is 956. The van der Waals surface area contributed by atoms with Gasteiger partial charge in [0.15, 0.2) is 0 Å². The number of carbonyl (C=O) groups is 2. The van der Waals surface area contributed by atoms with Gasteiger partial charge >= 0.3 is 0 Å². The maximum Gasteiger partial charge on any atom is 0.273 e. The number of aromatic amines is 1. The van der Waals surface area contributed by atoms with Gasteiger partial charge in [-0.15, -0.1) is 12.4 Å². The van der Waals surface area contributed by atoms with Crippen molar-refractivity contribution in [3.05, 3.63) is 45.2 Å². The molecular formula is C22H29Cl3N4O3. The number of carbonyl (C=O) groups excluding carboxylic acids is 2. The molecule has 0 atom stereocenters. The fourth-order valence-electron chi connectivity index (χ4n) is 3.46. The van der Waals surface area contributed by atoms with Crippen molar-refractivity contribution in [2.24, 2.45) is 5.92 Å². The smallest absolute Gasteiger partial charge is 0.273 e. The van der Waals surface area contributed by atoms with Gasteiger partial charge in [-0.2, -0.15) is 0 Å². The Labute approximate surface area is 204 Å². The number of H-pyrrole nitrogens is 1. The number of halogens is 3. The maximum atomic E-state index is 12.7. The van der Waals surface area contributed by atoms with Crippen LogP contribution >= 0.6 is 35.6 Å². The molecule has 1 fully saturated rings. The molecule has 1 aromatic heterocycles. The fourth-order valence-corrected chi connectivity index (χ4v) is 3.87. The third kappa shape index (κ3) is 6.54. The zero-order valence-electron chi connectivity index (χ0n) is 18.3. The van der Waals surface area contributed by atoms with E-state index in [9.17, 15) is 9.59 Å². The minimum absolute atomic E-state index is 0. The van der Waals surface area contributed by atoms with E-state index in [4.69, 9.17) is 27.9 Å². The summed E-state index contributed by atoms with van der Waals surface area (Å²) < 4.78 is 5.85. The lowest BCUT2D eigenvalue weighted by atomic mass is 9.98. The van der Waals surface area contributed by atoms with Crippen LogP contribution in [0, 0.1) is 12.8 Å². The lowest BCUT2D eigenvalue weighted by Crippen LogP contribution is -2.36. The van der Waals surface area contributed by atoms with Crippen molar-refractivity contribution >= 4 is 53.1 Å². The van der Waals surface area contributed by atoms with E-state index in [1.54, 1.807) is 25.1 Å². The minimum atomic E-state index is -0.447. The molecule has 1 aliphatic heterocycles. The van der Waals surface area contributed by atoms with E-state index < -0.39 is 5.91 Å². The number of hydrogen-bond acceptors (Lipinski definition) is 4. The number of aryl methyl sites for hydroxylation is 1. The predicted octanol–water partition coefficient (Wildman–Crippen LogP) is 4.82. The molecule has 176 valence electrons. The Morgan fingerprint density at radius 3 is 2.44 bits per heavy atom. The normalized spacial score (nSPS) is 14.1. The minimum Gasteiger partial charge on any atom is -0.489 e. The van der Waals surface area contributed by atoms with Crippen molar-refractivity contribution in [3.8, 4) is 5.75 Å². The lowest BCUT2D eigenvalue weighted by Gasteiger charge is -2.23. The van der Waals surface area contributed by atoms with Gasteiger partial charge in [0.25, 0.3) is 11.8 Å². The van der Waals surface area contributed by atoms with Gasteiger partial charge in [0, 0.05) is 17.8 Å². The van der Waals surface area contributed by atoms with Gasteiger partial charge in [-0.3, -0.25) is 9.59 Å². The highest BCUT2D eigenvalue weighted by molar-refractivity contribution is 6.44. The molecule has 32 heavy (non-hydrogen) atoms. The van der Waals surface area contributed by atoms with E-state index in [1.807, 2.05) is 13.8 Å². The van der Waals surface area contributed by atoms with Crippen LogP contribution in [0.1, 0.15) is 53.2 Å². The Morgan fingerprint density at radius 2 is 1.84 bits per heavy atom. The second-order valence-electron chi connectivity index (χ2n) is 7.99. The Balaban J connectivity index is 0.00000363. The van der Waals surface area contributed by atoms with Crippen LogP contribution in [0.3, 0.4) is 0 Å². The molecule has 1 aliphatic rings. The summed E-state index contributed by atoms with van der Waals surface area (Å²) >= 11 is 12.2. The number of aromatic nitrogens is 1. The number of rotatable bonds is 7. The van der Waals surface area contributed by atoms with E-state index in [1.165, 1.54) is 0 Å². The van der Waals surface area contributed by atoms with E-state index in [-0.39, 0.29) is 35.1 Å². The fraction of sp³-hybridized carbons (Fsp3) is 0.455. The average Bonchev–Trinajstić information content (AvgIpc) is 3.01. The summed E-state index contributed by atoms with van der Waals surface area (Å²) in [6.07, 6.45) is 1.96. The van der Waals surface area contributed by atoms with E-state index in [0.29, 0.717) is 40.2 Å². The Hall–Kier alpha value is -1.93. The summed E-state index contributed by atoms with van der Waals surface area (Å²) in [5.74, 6) is 0.274. The molecule has 0 radical (unpaired) electrons. The van der Waals surface area contributed by atoms with E-state index in [0.717, 1.165) is 25.9 Å². The van der Waals surface area contributed by atoms with Crippen LogP contribution in [-0.4, -0.2) is 42.5 Å². The number of anilines is 1. The monoisotopic (exact) mass is 502 g/mol. The number of piperidine rings is 1. The Kier molecular flexibility index (Phi) is 9.70. The highest BCUT2D eigenvalue weighted by atomic mass is 35.5. The number of ether oxygens (including phenoxy) is 1. The van der Waals surface area contributed by atoms with Crippen molar-refractivity contribution < 1.29 is 14.3 Å². The Morgan fingerprint density at radius 1 is 1.16 bits per heavy atom. The number of hydrogen-bond donors (Lipinski definition) is 4. The zero-order valence-corrected chi connectivity index (χ0v) is 20.6. The SMILES string of the molecule is Cc1[nH]c(C(=O)Nc2ccc(C(=O)NCC3CCNCC3)cc2OC(C)C)c(Cl)c1Cl.Cl. The number of amides is 2. The molecule has 7 nitrogen and oxygen atoms in total. The van der Waals surface area contributed by atoms with E-state index >= 15 is 0 Å². The van der Waals surface area contributed by atoms with Crippen molar-refractivity contribution in [2.75, 3.05) is 25.0 Å². The molecule has 2 aromatic rings. The molecule has 10 heteroatoms. The van der Waals surface area contributed by atoms with Gasteiger partial charge < -0.3 is 25.7 Å². The third-order valence-corrected chi connectivity index (χ3v) is 6.09. The average molecular weight is 504 g/mol. The van der Waals surface area contributed by atoms with Crippen molar-refractivity contribution in [1.82, 2.24) is 15.6 Å². The molecular weight excluding hydrogens is 475 g/mol.